The monoisotopic (exact) mass is 429 g/mol. The van der Waals surface area contributed by atoms with Gasteiger partial charge in [-0.2, -0.15) is 0 Å². The fraction of sp³-hybridized carbons (Fsp3) is 0.296. The molecular weight excluding hydrogens is 398 g/mol. The zero-order chi connectivity index (χ0) is 22.8. The summed E-state index contributed by atoms with van der Waals surface area (Å²) in [7, 11) is 1.96. The summed E-state index contributed by atoms with van der Waals surface area (Å²) in [6.45, 7) is 1.98. The van der Waals surface area contributed by atoms with Crippen molar-refractivity contribution in [3.8, 4) is 11.1 Å². The molecule has 1 atom stereocenters. The van der Waals surface area contributed by atoms with Gasteiger partial charge in [-0.1, -0.05) is 55.5 Å². The van der Waals surface area contributed by atoms with Gasteiger partial charge < -0.3 is 15.0 Å². The maximum Gasteiger partial charge on any atom is 0.247 e. The molecule has 0 bridgehead atoms. The SMILES string of the molecule is CCCC=O.CN(c1ccc(-c2ccccc2)cc1)C(C(=O)NC1CC1)c1cccnc1. The lowest BCUT2D eigenvalue weighted by Crippen LogP contribution is -2.39. The lowest BCUT2D eigenvalue weighted by Gasteiger charge is -2.29. The van der Waals surface area contributed by atoms with E-state index in [-0.39, 0.29) is 5.91 Å². The Kier molecular flexibility index (Phi) is 8.55. The van der Waals surface area contributed by atoms with Crippen LogP contribution in [-0.4, -0.2) is 30.3 Å². The third-order valence-corrected chi connectivity index (χ3v) is 5.35. The molecule has 1 unspecified atom stereocenters. The highest BCUT2D eigenvalue weighted by Crippen LogP contribution is 2.29. The molecule has 4 rings (SSSR count). The quantitative estimate of drug-likeness (QED) is 0.501. The van der Waals surface area contributed by atoms with E-state index in [1.165, 1.54) is 5.56 Å². The van der Waals surface area contributed by atoms with Crippen molar-refractivity contribution in [2.75, 3.05) is 11.9 Å². The third kappa shape index (κ3) is 6.51. The molecule has 166 valence electrons. The second-order valence-corrected chi connectivity index (χ2v) is 7.95. The van der Waals surface area contributed by atoms with Crippen molar-refractivity contribution < 1.29 is 9.59 Å². The number of carbonyl (C=O) groups is 2. The fourth-order valence-corrected chi connectivity index (χ4v) is 3.38. The van der Waals surface area contributed by atoms with Crippen molar-refractivity contribution in [2.24, 2.45) is 0 Å². The largest absolute Gasteiger partial charge is 0.359 e. The topological polar surface area (TPSA) is 62.3 Å². The summed E-state index contributed by atoms with van der Waals surface area (Å²) < 4.78 is 0. The number of amides is 1. The van der Waals surface area contributed by atoms with Crippen molar-refractivity contribution in [1.29, 1.82) is 0 Å². The molecule has 0 spiro atoms. The van der Waals surface area contributed by atoms with Crippen LogP contribution in [0.15, 0.2) is 79.1 Å². The molecule has 1 N–H and O–H groups in total. The summed E-state index contributed by atoms with van der Waals surface area (Å²) in [5.74, 6) is 0.0279. The van der Waals surface area contributed by atoms with E-state index in [0.29, 0.717) is 12.5 Å². The van der Waals surface area contributed by atoms with Crippen LogP contribution < -0.4 is 10.2 Å². The van der Waals surface area contributed by atoms with E-state index in [1.54, 1.807) is 12.4 Å². The Hall–Kier alpha value is -3.47. The highest BCUT2D eigenvalue weighted by Gasteiger charge is 2.31. The first-order chi connectivity index (χ1) is 15.6. The lowest BCUT2D eigenvalue weighted by molar-refractivity contribution is -0.122. The lowest BCUT2D eigenvalue weighted by atomic mass is 10.0. The number of benzene rings is 2. The van der Waals surface area contributed by atoms with Gasteiger partial charge in [0.05, 0.1) is 0 Å². The number of aldehydes is 1. The van der Waals surface area contributed by atoms with Gasteiger partial charge in [0.25, 0.3) is 0 Å². The van der Waals surface area contributed by atoms with Crippen LogP contribution in [0.2, 0.25) is 0 Å². The van der Waals surface area contributed by atoms with Crippen LogP contribution in [0.1, 0.15) is 44.2 Å². The number of nitrogens with zero attached hydrogens (tertiary/aromatic N) is 2. The minimum absolute atomic E-state index is 0.0279. The number of carbonyl (C=O) groups excluding carboxylic acids is 2. The van der Waals surface area contributed by atoms with Gasteiger partial charge in [-0.3, -0.25) is 9.78 Å². The Balaban J connectivity index is 0.000000523. The number of anilines is 1. The van der Waals surface area contributed by atoms with Gasteiger partial charge in [0.15, 0.2) is 0 Å². The van der Waals surface area contributed by atoms with Gasteiger partial charge >= 0.3 is 0 Å². The molecular formula is C27H31N3O2. The molecule has 2 aromatic carbocycles. The molecule has 3 aromatic rings. The van der Waals surface area contributed by atoms with Gasteiger partial charge in [-0.05, 0) is 48.6 Å². The maximum atomic E-state index is 12.9. The highest BCUT2D eigenvalue weighted by atomic mass is 16.2. The summed E-state index contributed by atoms with van der Waals surface area (Å²) in [6, 6.07) is 22.4. The molecule has 1 fully saturated rings. The zero-order valence-corrected chi connectivity index (χ0v) is 18.8. The molecule has 0 aliphatic heterocycles. The second kappa shape index (κ2) is 11.8. The number of rotatable bonds is 8. The Bertz CT molecular complexity index is 971. The van der Waals surface area contributed by atoms with Crippen LogP contribution in [-0.2, 0) is 9.59 Å². The van der Waals surface area contributed by atoms with E-state index in [2.05, 4.69) is 46.7 Å². The summed E-state index contributed by atoms with van der Waals surface area (Å²) >= 11 is 0. The van der Waals surface area contributed by atoms with E-state index in [9.17, 15) is 9.59 Å². The molecule has 0 saturated heterocycles. The van der Waals surface area contributed by atoms with Crippen LogP contribution in [0.3, 0.4) is 0 Å². The summed E-state index contributed by atoms with van der Waals surface area (Å²) in [4.78, 5) is 28.5. The van der Waals surface area contributed by atoms with Crippen molar-refractivity contribution in [3.05, 3.63) is 84.7 Å². The molecule has 1 aromatic heterocycles. The Labute approximate surface area is 190 Å². The normalized spacial score (nSPS) is 13.3. The second-order valence-electron chi connectivity index (χ2n) is 7.95. The first-order valence-electron chi connectivity index (χ1n) is 11.2. The van der Waals surface area contributed by atoms with Crippen molar-refractivity contribution >= 4 is 17.9 Å². The summed E-state index contributed by atoms with van der Waals surface area (Å²) in [5.41, 5.74) is 4.23. The van der Waals surface area contributed by atoms with E-state index in [0.717, 1.165) is 42.4 Å². The van der Waals surface area contributed by atoms with E-state index in [1.807, 2.05) is 49.2 Å². The zero-order valence-electron chi connectivity index (χ0n) is 18.8. The van der Waals surface area contributed by atoms with Gasteiger partial charge in [-0.25, -0.2) is 0 Å². The first-order valence-corrected chi connectivity index (χ1v) is 11.2. The molecule has 32 heavy (non-hydrogen) atoms. The molecule has 5 nitrogen and oxygen atoms in total. The van der Waals surface area contributed by atoms with Crippen molar-refractivity contribution in [1.82, 2.24) is 10.3 Å². The maximum absolute atomic E-state index is 12.9. The minimum atomic E-state index is -0.401. The van der Waals surface area contributed by atoms with Crippen LogP contribution in [0.25, 0.3) is 11.1 Å². The van der Waals surface area contributed by atoms with Crippen LogP contribution in [0.5, 0.6) is 0 Å². The first kappa shape index (κ1) is 23.2. The smallest absolute Gasteiger partial charge is 0.247 e. The number of pyridine rings is 1. The van der Waals surface area contributed by atoms with Gasteiger partial charge in [0.1, 0.15) is 12.3 Å². The summed E-state index contributed by atoms with van der Waals surface area (Å²) in [6.07, 6.45) is 8.26. The summed E-state index contributed by atoms with van der Waals surface area (Å²) in [5, 5.41) is 3.13. The van der Waals surface area contributed by atoms with Crippen LogP contribution in [0.4, 0.5) is 5.69 Å². The van der Waals surface area contributed by atoms with Gasteiger partial charge in [0, 0.05) is 43.2 Å². The molecule has 1 aliphatic rings. The van der Waals surface area contributed by atoms with Crippen LogP contribution >= 0.6 is 0 Å². The van der Waals surface area contributed by atoms with Crippen molar-refractivity contribution in [3.63, 3.8) is 0 Å². The third-order valence-electron chi connectivity index (χ3n) is 5.35. The predicted octanol–water partition coefficient (Wildman–Crippen LogP) is 5.19. The highest BCUT2D eigenvalue weighted by molar-refractivity contribution is 5.87. The average Bonchev–Trinajstić information content (AvgIpc) is 3.65. The Morgan fingerprint density at radius 2 is 1.75 bits per heavy atom. The standard InChI is InChI=1S/C23H23N3O.C4H8O/c1-26(21-13-9-18(10-14-21)17-6-3-2-4-7-17)22(19-8-5-15-24-16-19)23(27)25-20-11-12-20;1-2-3-4-5/h2-10,13-16,20,22H,11-12H2,1H3,(H,25,27);4H,2-3H2,1H3. The van der Waals surface area contributed by atoms with Gasteiger partial charge in [-0.15, -0.1) is 0 Å². The molecule has 5 heteroatoms. The number of hydrogen-bond acceptors (Lipinski definition) is 4. The number of nitrogens with one attached hydrogen (secondary N) is 1. The number of hydrogen-bond donors (Lipinski definition) is 1. The predicted molar refractivity (Wildman–Crippen MR) is 129 cm³/mol. The molecule has 1 heterocycles. The van der Waals surface area contributed by atoms with Gasteiger partial charge in [0.2, 0.25) is 5.91 Å². The minimum Gasteiger partial charge on any atom is -0.359 e. The van der Waals surface area contributed by atoms with E-state index >= 15 is 0 Å². The Morgan fingerprint density at radius 3 is 2.28 bits per heavy atom. The molecule has 1 amide bonds. The number of aromatic nitrogens is 1. The van der Waals surface area contributed by atoms with E-state index < -0.39 is 6.04 Å². The fourth-order valence-electron chi connectivity index (χ4n) is 3.38. The molecule has 1 aliphatic carbocycles. The number of likely N-dealkylation sites (N-methyl/N-ethyl adjacent to an activating group) is 1. The Morgan fingerprint density at radius 1 is 1.06 bits per heavy atom. The van der Waals surface area contributed by atoms with Crippen molar-refractivity contribution in [2.45, 2.75) is 44.7 Å². The molecule has 0 radical (unpaired) electrons. The van der Waals surface area contributed by atoms with E-state index in [4.69, 9.17) is 0 Å². The van der Waals surface area contributed by atoms with Crippen LogP contribution in [0, 0.1) is 0 Å². The molecule has 1 saturated carbocycles. The average molecular weight is 430 g/mol. The number of unbranched alkanes of at least 4 members (excludes halogenated alkanes) is 1.